The van der Waals surface area contributed by atoms with Gasteiger partial charge in [0.25, 0.3) is 0 Å². The third kappa shape index (κ3) is 5.60. The molecule has 3 aromatic rings. The number of carbonyl (C=O) groups is 1. The molecule has 0 unspecified atom stereocenters. The van der Waals surface area contributed by atoms with E-state index >= 15 is 0 Å². The van der Waals surface area contributed by atoms with Crippen LogP contribution in [0.4, 0.5) is 5.82 Å². The highest BCUT2D eigenvalue weighted by molar-refractivity contribution is 6.00. The third-order valence-electron chi connectivity index (χ3n) is 6.10. The minimum Gasteiger partial charge on any atom is -0.507 e. The minimum atomic E-state index is -0.241. The second-order valence-electron chi connectivity index (χ2n) is 8.67. The number of nitrogens with one attached hydrogen (secondary N) is 1. The number of carbonyl (C=O) groups excluding carboxylic acids is 1. The smallest absolute Gasteiger partial charge is 0.302 e. The largest absolute Gasteiger partial charge is 0.507 e. The number of aryl methyl sites for hydroxylation is 1. The molecule has 2 N–H and O–H groups in total. The zero-order valence-electron chi connectivity index (χ0n) is 19.4. The summed E-state index contributed by atoms with van der Waals surface area (Å²) in [6.45, 7) is 6.57. The Bertz CT molecular complexity index is 1120. The predicted octanol–water partition coefficient (Wildman–Crippen LogP) is 4.39. The molecule has 174 valence electrons. The fourth-order valence-electron chi connectivity index (χ4n) is 4.52. The lowest BCUT2D eigenvalue weighted by atomic mass is 10.0. The first-order valence-corrected chi connectivity index (χ1v) is 11.7. The fraction of sp³-hybridized carbons (Fsp3) is 0.423. The number of phenols is 1. The first kappa shape index (κ1) is 23.0. The maximum atomic E-state index is 11.0. The van der Waals surface area contributed by atoms with Gasteiger partial charge in [0.1, 0.15) is 18.1 Å². The van der Waals surface area contributed by atoms with Crippen LogP contribution in [0.2, 0.25) is 0 Å². The van der Waals surface area contributed by atoms with E-state index in [1.807, 2.05) is 42.5 Å². The van der Waals surface area contributed by atoms with Crippen molar-refractivity contribution in [3.8, 4) is 17.0 Å². The van der Waals surface area contributed by atoms with Gasteiger partial charge in [0, 0.05) is 42.4 Å². The molecular formula is C26H32N4O3. The molecule has 1 aromatic heterocycles. The van der Waals surface area contributed by atoms with E-state index in [9.17, 15) is 9.90 Å². The zero-order chi connectivity index (χ0) is 23.2. The van der Waals surface area contributed by atoms with Gasteiger partial charge in [0.15, 0.2) is 5.82 Å². The molecule has 0 radical (unpaired) electrons. The van der Waals surface area contributed by atoms with Gasteiger partial charge in [-0.05, 0) is 43.5 Å². The molecule has 0 amide bonds. The van der Waals surface area contributed by atoms with E-state index in [1.54, 1.807) is 0 Å². The Kier molecular flexibility index (Phi) is 7.40. The van der Waals surface area contributed by atoms with Crippen LogP contribution in [0, 0.1) is 0 Å². The number of hydrogen-bond acceptors (Lipinski definition) is 7. The van der Waals surface area contributed by atoms with Crippen molar-refractivity contribution in [2.24, 2.45) is 0 Å². The average Bonchev–Trinajstić information content (AvgIpc) is 2.80. The number of benzene rings is 2. The number of fused-ring (bicyclic) bond motifs is 1. The first-order chi connectivity index (χ1) is 16.0. The number of rotatable bonds is 8. The molecule has 0 saturated carbocycles. The van der Waals surface area contributed by atoms with Gasteiger partial charge >= 0.3 is 5.97 Å². The summed E-state index contributed by atoms with van der Waals surface area (Å²) in [5.41, 5.74) is 2.49. The van der Waals surface area contributed by atoms with Crippen LogP contribution in [-0.2, 0) is 16.0 Å². The van der Waals surface area contributed by atoms with Gasteiger partial charge in [-0.2, -0.15) is 0 Å². The highest BCUT2D eigenvalue weighted by Crippen LogP contribution is 2.35. The molecule has 2 aromatic carbocycles. The van der Waals surface area contributed by atoms with Gasteiger partial charge in [0.2, 0.25) is 0 Å². The number of aromatic nitrogens is 2. The number of anilines is 1. The summed E-state index contributed by atoms with van der Waals surface area (Å²) >= 11 is 0. The lowest BCUT2D eigenvalue weighted by Crippen LogP contribution is -2.43. The second kappa shape index (κ2) is 10.6. The molecule has 1 atom stereocenters. The predicted molar refractivity (Wildman–Crippen MR) is 130 cm³/mol. The molecule has 0 aliphatic carbocycles. The molecule has 7 heteroatoms. The summed E-state index contributed by atoms with van der Waals surface area (Å²) in [4.78, 5) is 13.3. The van der Waals surface area contributed by atoms with Crippen LogP contribution in [0.15, 0.2) is 42.5 Å². The average molecular weight is 449 g/mol. The van der Waals surface area contributed by atoms with Crippen molar-refractivity contribution < 1.29 is 14.6 Å². The molecule has 1 saturated heterocycles. The van der Waals surface area contributed by atoms with Crippen LogP contribution >= 0.6 is 0 Å². The Morgan fingerprint density at radius 3 is 2.79 bits per heavy atom. The van der Waals surface area contributed by atoms with Crippen LogP contribution in [0.25, 0.3) is 22.0 Å². The molecule has 1 aliphatic rings. The Balaban J connectivity index is 1.55. The van der Waals surface area contributed by atoms with Crippen molar-refractivity contribution in [1.29, 1.82) is 0 Å². The van der Waals surface area contributed by atoms with Gasteiger partial charge < -0.3 is 15.2 Å². The lowest BCUT2D eigenvalue weighted by molar-refractivity contribution is -0.141. The third-order valence-corrected chi connectivity index (χ3v) is 6.10. The molecule has 7 nitrogen and oxygen atoms in total. The number of nitrogens with zero attached hydrogens (tertiary/aromatic N) is 3. The summed E-state index contributed by atoms with van der Waals surface area (Å²) in [6.07, 6.45) is 4.08. The van der Waals surface area contributed by atoms with Gasteiger partial charge in [-0.3, -0.25) is 9.69 Å². The summed E-state index contributed by atoms with van der Waals surface area (Å²) in [7, 11) is 0. The number of piperidine rings is 1. The summed E-state index contributed by atoms with van der Waals surface area (Å²) < 4.78 is 5.10. The van der Waals surface area contributed by atoms with Crippen LogP contribution < -0.4 is 5.32 Å². The van der Waals surface area contributed by atoms with Crippen molar-refractivity contribution in [3.05, 3.63) is 48.0 Å². The number of esters is 1. The maximum absolute atomic E-state index is 11.0. The molecule has 1 fully saturated rings. The normalized spacial score (nSPS) is 16.6. The highest BCUT2D eigenvalue weighted by atomic mass is 16.5. The summed E-state index contributed by atoms with van der Waals surface area (Å²) in [5, 5.41) is 25.3. The van der Waals surface area contributed by atoms with E-state index in [1.165, 1.54) is 6.92 Å². The van der Waals surface area contributed by atoms with E-state index in [0.29, 0.717) is 17.9 Å². The second-order valence-corrected chi connectivity index (χ2v) is 8.67. The Morgan fingerprint density at radius 2 is 2.03 bits per heavy atom. The van der Waals surface area contributed by atoms with Crippen LogP contribution in [-0.4, -0.2) is 58.5 Å². The van der Waals surface area contributed by atoms with E-state index in [-0.39, 0.29) is 17.8 Å². The highest BCUT2D eigenvalue weighted by Gasteiger charge is 2.22. The van der Waals surface area contributed by atoms with Crippen molar-refractivity contribution >= 4 is 22.6 Å². The number of hydrogen-bond donors (Lipinski definition) is 2. The van der Waals surface area contributed by atoms with Gasteiger partial charge in [-0.25, -0.2) is 0 Å². The van der Waals surface area contributed by atoms with Crippen LogP contribution in [0.3, 0.4) is 0 Å². The molecule has 1 aliphatic heterocycles. The van der Waals surface area contributed by atoms with Gasteiger partial charge in [-0.1, -0.05) is 43.7 Å². The number of ether oxygens (including phenoxy) is 1. The Labute approximate surface area is 194 Å². The first-order valence-electron chi connectivity index (χ1n) is 11.7. The Hall–Kier alpha value is -3.19. The number of likely N-dealkylation sites (tertiary alicyclic amines) is 1. The van der Waals surface area contributed by atoms with Crippen molar-refractivity contribution in [3.63, 3.8) is 0 Å². The van der Waals surface area contributed by atoms with Crippen LogP contribution in [0.1, 0.15) is 38.7 Å². The fourth-order valence-corrected chi connectivity index (χ4v) is 4.52. The van der Waals surface area contributed by atoms with Gasteiger partial charge in [0.05, 0.1) is 0 Å². The maximum Gasteiger partial charge on any atom is 0.302 e. The Morgan fingerprint density at radius 1 is 1.21 bits per heavy atom. The molecule has 0 spiro atoms. The molecular weight excluding hydrogens is 416 g/mol. The summed E-state index contributed by atoms with van der Waals surface area (Å²) in [5.74, 6) is 0.745. The summed E-state index contributed by atoms with van der Waals surface area (Å²) in [6, 6.07) is 14.1. The molecule has 33 heavy (non-hydrogen) atoms. The van der Waals surface area contributed by atoms with Crippen molar-refractivity contribution in [2.45, 2.75) is 45.6 Å². The van der Waals surface area contributed by atoms with E-state index < -0.39 is 0 Å². The number of phenolic OH excluding ortho intramolecular Hbond substituents is 1. The van der Waals surface area contributed by atoms with E-state index in [0.717, 1.165) is 67.5 Å². The quantitative estimate of drug-likeness (QED) is 0.494. The lowest BCUT2D eigenvalue weighted by Gasteiger charge is -2.33. The number of aromatic hydroxyl groups is 1. The zero-order valence-corrected chi connectivity index (χ0v) is 19.4. The van der Waals surface area contributed by atoms with Crippen molar-refractivity contribution in [2.75, 3.05) is 31.6 Å². The molecule has 2 heterocycles. The van der Waals surface area contributed by atoms with E-state index in [2.05, 4.69) is 27.3 Å². The molecule has 4 rings (SSSR count). The molecule has 0 bridgehead atoms. The van der Waals surface area contributed by atoms with Gasteiger partial charge in [-0.15, -0.1) is 10.2 Å². The topological polar surface area (TPSA) is 87.6 Å². The SMILES string of the molecule is CCCc1ccc(-c2nnc(N[C@@H]3CCCN(CCOC(C)=O)C3)c3ccccc23)c(O)c1. The van der Waals surface area contributed by atoms with Crippen molar-refractivity contribution in [1.82, 2.24) is 15.1 Å². The standard InChI is InChI=1S/C26H32N4O3/c1-3-7-19-11-12-23(24(32)16-19)25-21-9-4-5-10-22(21)26(29-28-25)27-20-8-6-13-30(17-20)14-15-33-18(2)31/h4-5,9-12,16,20,32H,3,6-8,13-15,17H2,1-2H3,(H,27,29)/t20-/m1/s1. The van der Waals surface area contributed by atoms with Crippen LogP contribution in [0.5, 0.6) is 5.75 Å². The minimum absolute atomic E-state index is 0.233. The monoisotopic (exact) mass is 448 g/mol. The van der Waals surface area contributed by atoms with E-state index in [4.69, 9.17) is 4.74 Å².